The first kappa shape index (κ1) is 29.0. The summed E-state index contributed by atoms with van der Waals surface area (Å²) in [5, 5.41) is 24.9. The molecule has 0 saturated carbocycles. The van der Waals surface area contributed by atoms with Crippen LogP contribution >= 0.6 is 11.3 Å². The quantitative estimate of drug-likeness (QED) is 0.487. The zero-order valence-corrected chi connectivity index (χ0v) is 23.6. The molecule has 1 aliphatic heterocycles. The second kappa shape index (κ2) is 11.8. The minimum Gasteiger partial charge on any atom is -0.457 e. The van der Waals surface area contributed by atoms with Crippen LogP contribution in [0.25, 0.3) is 11.6 Å². The van der Waals surface area contributed by atoms with Crippen molar-refractivity contribution >= 4 is 34.7 Å². The second-order valence-corrected chi connectivity index (χ2v) is 11.8. The smallest absolute Gasteiger partial charge is 0.309 e. The van der Waals surface area contributed by atoms with E-state index in [1.54, 1.807) is 32.1 Å². The van der Waals surface area contributed by atoms with Crippen molar-refractivity contribution in [3.05, 3.63) is 63.1 Å². The van der Waals surface area contributed by atoms with Gasteiger partial charge in [0, 0.05) is 23.6 Å². The first-order valence-electron chi connectivity index (χ1n) is 12.8. The van der Waals surface area contributed by atoms with Gasteiger partial charge in [-0.1, -0.05) is 58.0 Å². The fraction of sp³-hybridized carbons (Fsp3) is 0.500. The third-order valence-corrected chi connectivity index (χ3v) is 8.36. The van der Waals surface area contributed by atoms with Crippen molar-refractivity contribution in [2.45, 2.75) is 85.5 Å². The molecule has 0 unspecified atom stereocenters. The zero-order valence-electron chi connectivity index (χ0n) is 22.8. The highest BCUT2D eigenvalue weighted by atomic mass is 32.1. The molecule has 2 bridgehead atoms. The molecule has 6 nitrogen and oxygen atoms in total. The molecule has 0 amide bonds. The van der Waals surface area contributed by atoms with Gasteiger partial charge in [-0.3, -0.25) is 9.59 Å². The molecule has 1 aromatic heterocycles. The van der Waals surface area contributed by atoms with Crippen molar-refractivity contribution in [3.8, 4) is 0 Å². The first-order valence-corrected chi connectivity index (χ1v) is 13.7. The average Bonchev–Trinajstić information content (AvgIpc) is 3.27. The van der Waals surface area contributed by atoms with Crippen LogP contribution in [0.2, 0.25) is 0 Å². The molecule has 1 aromatic carbocycles. The average molecular weight is 526 g/mol. The Balaban J connectivity index is 2.04. The summed E-state index contributed by atoms with van der Waals surface area (Å²) in [6, 6.07) is 7.94. The first-order chi connectivity index (χ1) is 17.3. The number of fused-ring (bicyclic) bond motifs is 2. The number of hydrogen-bond acceptors (Lipinski definition) is 7. The highest BCUT2D eigenvalue weighted by molar-refractivity contribution is 7.09. The Morgan fingerprint density at radius 2 is 1.86 bits per heavy atom. The number of Topliss-reactive ketones (excluding diaryl/α,β-unsaturated/α-hetero) is 1. The summed E-state index contributed by atoms with van der Waals surface area (Å²) in [5.41, 5.74) is 3.35. The van der Waals surface area contributed by atoms with E-state index in [2.05, 4.69) is 4.98 Å². The van der Waals surface area contributed by atoms with E-state index in [1.165, 1.54) is 0 Å². The van der Waals surface area contributed by atoms with Crippen LogP contribution in [0.3, 0.4) is 0 Å². The van der Waals surface area contributed by atoms with Crippen LogP contribution in [0.15, 0.2) is 41.3 Å². The summed E-state index contributed by atoms with van der Waals surface area (Å²) >= 11 is 1.55. The van der Waals surface area contributed by atoms with Gasteiger partial charge in [0.1, 0.15) is 11.9 Å². The second-order valence-electron chi connectivity index (χ2n) is 10.8. The molecule has 2 N–H and O–H groups in total. The summed E-state index contributed by atoms with van der Waals surface area (Å²) in [6.07, 6.45) is 1.34. The van der Waals surface area contributed by atoms with E-state index in [0.29, 0.717) is 6.42 Å². The molecule has 0 aliphatic carbocycles. The van der Waals surface area contributed by atoms with E-state index in [0.717, 1.165) is 33.0 Å². The van der Waals surface area contributed by atoms with E-state index in [9.17, 15) is 19.8 Å². The van der Waals surface area contributed by atoms with E-state index >= 15 is 0 Å². The van der Waals surface area contributed by atoms with Gasteiger partial charge in [0.25, 0.3) is 0 Å². The Morgan fingerprint density at radius 1 is 1.16 bits per heavy atom. The number of benzene rings is 1. The Morgan fingerprint density at radius 3 is 2.51 bits per heavy atom. The fourth-order valence-electron chi connectivity index (χ4n) is 4.72. The van der Waals surface area contributed by atoms with Gasteiger partial charge in [-0.25, -0.2) is 4.98 Å². The fourth-order valence-corrected chi connectivity index (χ4v) is 5.29. The maximum absolute atomic E-state index is 13.4. The SMILES string of the molecule is C/C1=C/C[C@@H](/C(C)=C/c2csc(C)n2)OC(=O)C[C@H](O)C(C)(C)C(=O)[C@H](C)[C@@H](O)[C@@H](C)c2cccc1c2. The lowest BCUT2D eigenvalue weighted by atomic mass is 9.72. The largest absolute Gasteiger partial charge is 0.457 e. The molecule has 0 saturated heterocycles. The number of aliphatic hydroxyl groups excluding tert-OH is 2. The number of ketones is 1. The predicted octanol–water partition coefficient (Wildman–Crippen LogP) is 5.72. The molecule has 2 aromatic rings. The third kappa shape index (κ3) is 6.83. The molecule has 0 fully saturated rings. The van der Waals surface area contributed by atoms with E-state index in [-0.39, 0.29) is 18.1 Å². The van der Waals surface area contributed by atoms with Gasteiger partial charge >= 0.3 is 5.97 Å². The van der Waals surface area contributed by atoms with E-state index in [1.807, 2.05) is 69.5 Å². The van der Waals surface area contributed by atoms with Crippen molar-refractivity contribution in [3.63, 3.8) is 0 Å². The summed E-state index contributed by atoms with van der Waals surface area (Å²) < 4.78 is 5.86. The number of thiazole rings is 1. The summed E-state index contributed by atoms with van der Waals surface area (Å²) in [4.78, 5) is 30.8. The van der Waals surface area contributed by atoms with Crippen LogP contribution < -0.4 is 0 Å². The molecule has 5 atom stereocenters. The van der Waals surface area contributed by atoms with Crippen LogP contribution in [0.1, 0.15) is 82.1 Å². The van der Waals surface area contributed by atoms with Crippen molar-refractivity contribution in [2.24, 2.45) is 11.3 Å². The maximum atomic E-state index is 13.4. The van der Waals surface area contributed by atoms with Crippen molar-refractivity contribution in [1.29, 1.82) is 0 Å². The number of ether oxygens (including phenoxy) is 1. The number of cyclic esters (lactones) is 1. The number of aromatic nitrogens is 1. The molecule has 2 heterocycles. The number of rotatable bonds is 2. The molecule has 0 spiro atoms. The van der Waals surface area contributed by atoms with Crippen molar-refractivity contribution < 1.29 is 24.5 Å². The summed E-state index contributed by atoms with van der Waals surface area (Å²) in [6.45, 7) is 12.7. The van der Waals surface area contributed by atoms with Crippen LogP contribution in [-0.4, -0.2) is 45.3 Å². The summed E-state index contributed by atoms with van der Waals surface area (Å²) in [5.74, 6) is -1.90. The number of allylic oxidation sites excluding steroid dienone is 1. The third-order valence-electron chi connectivity index (χ3n) is 7.57. The van der Waals surface area contributed by atoms with Crippen LogP contribution in [0.4, 0.5) is 0 Å². The lowest BCUT2D eigenvalue weighted by Crippen LogP contribution is -2.45. The number of esters is 1. The number of aliphatic hydroxyl groups is 2. The molecule has 7 heteroatoms. The molecule has 200 valence electrons. The predicted molar refractivity (Wildman–Crippen MR) is 148 cm³/mol. The number of carbonyl (C=O) groups excluding carboxylic acids is 2. The van der Waals surface area contributed by atoms with Gasteiger partial charge in [-0.05, 0) is 49.1 Å². The van der Waals surface area contributed by atoms with E-state index < -0.39 is 35.6 Å². The minimum atomic E-state index is -1.25. The minimum absolute atomic E-state index is 0.294. The Labute approximate surface area is 224 Å². The van der Waals surface area contributed by atoms with Crippen molar-refractivity contribution in [2.75, 3.05) is 0 Å². The normalized spacial score (nSPS) is 29.4. The number of hydrogen-bond donors (Lipinski definition) is 2. The monoisotopic (exact) mass is 525 g/mol. The highest BCUT2D eigenvalue weighted by Crippen LogP contribution is 2.34. The molecular formula is C30H39NO5S. The molecular weight excluding hydrogens is 486 g/mol. The van der Waals surface area contributed by atoms with Gasteiger partial charge < -0.3 is 14.9 Å². The molecule has 3 rings (SSSR count). The van der Waals surface area contributed by atoms with Gasteiger partial charge in [0.2, 0.25) is 0 Å². The van der Waals surface area contributed by atoms with Gasteiger partial charge in [-0.2, -0.15) is 0 Å². The number of carbonyl (C=O) groups is 2. The van der Waals surface area contributed by atoms with Gasteiger partial charge in [0.15, 0.2) is 0 Å². The molecule has 37 heavy (non-hydrogen) atoms. The lowest BCUT2D eigenvalue weighted by Gasteiger charge is -2.34. The Hall–Kier alpha value is -2.61. The zero-order chi connectivity index (χ0) is 27.5. The molecule has 0 radical (unpaired) electrons. The lowest BCUT2D eigenvalue weighted by molar-refractivity contribution is -0.153. The van der Waals surface area contributed by atoms with Crippen LogP contribution in [0, 0.1) is 18.3 Å². The standard InChI is InChI=1S/C30H39NO5S/c1-17-11-12-25(18(2)13-24-16-37-21(5)31-24)36-27(33)15-26(32)30(6,7)29(35)20(4)28(34)19(3)23-10-8-9-22(17)14-23/h8-11,13-14,16,19-20,25-26,28,32,34H,12,15H2,1-7H3/b17-11-,18-13+/t19-,20+,25-,26-,28-/m0/s1. The van der Waals surface area contributed by atoms with Crippen LogP contribution in [-0.2, 0) is 14.3 Å². The Kier molecular flexibility index (Phi) is 9.27. The Bertz CT molecular complexity index is 1190. The summed E-state index contributed by atoms with van der Waals surface area (Å²) in [7, 11) is 0. The molecule has 1 aliphatic rings. The maximum Gasteiger partial charge on any atom is 0.309 e. The van der Waals surface area contributed by atoms with Crippen molar-refractivity contribution in [1.82, 2.24) is 4.98 Å². The topological polar surface area (TPSA) is 96.7 Å². The number of nitrogens with zero attached hydrogens (tertiary/aromatic N) is 1. The number of aryl methyl sites for hydroxylation is 1. The van der Waals surface area contributed by atoms with Crippen LogP contribution in [0.5, 0.6) is 0 Å². The van der Waals surface area contributed by atoms with E-state index in [4.69, 9.17) is 4.74 Å². The highest BCUT2D eigenvalue weighted by Gasteiger charge is 2.42. The van der Waals surface area contributed by atoms with Gasteiger partial charge in [-0.15, -0.1) is 11.3 Å². The van der Waals surface area contributed by atoms with Gasteiger partial charge in [0.05, 0.1) is 34.7 Å².